The van der Waals surface area contributed by atoms with Crippen LogP contribution < -0.4 is 5.32 Å². The van der Waals surface area contributed by atoms with Crippen LogP contribution in [0.25, 0.3) is 0 Å². The highest BCUT2D eigenvalue weighted by Crippen LogP contribution is 2.10. The lowest BCUT2D eigenvalue weighted by Crippen LogP contribution is -2.26. The van der Waals surface area contributed by atoms with Crippen LogP contribution >= 0.6 is 0 Å². The van der Waals surface area contributed by atoms with Crippen molar-refractivity contribution in [2.75, 3.05) is 6.61 Å². The van der Waals surface area contributed by atoms with E-state index in [1.165, 1.54) is 6.07 Å². The van der Waals surface area contributed by atoms with Crippen molar-refractivity contribution in [3.05, 3.63) is 35.1 Å². The third-order valence-electron chi connectivity index (χ3n) is 2.40. The molecule has 84 valence electrons. The maximum Gasteiger partial charge on any atom is 0.127 e. The van der Waals surface area contributed by atoms with Crippen molar-refractivity contribution >= 4 is 0 Å². The number of rotatable bonds is 5. The van der Waals surface area contributed by atoms with Gasteiger partial charge >= 0.3 is 0 Å². The van der Waals surface area contributed by atoms with E-state index in [0.717, 1.165) is 5.56 Å². The number of hydrogen-bond donors (Lipinski definition) is 2. The Labute approximate surface area is 90.1 Å². The van der Waals surface area contributed by atoms with Crippen LogP contribution in [0, 0.1) is 12.7 Å². The molecule has 3 heteroatoms. The third kappa shape index (κ3) is 3.98. The molecule has 0 aliphatic heterocycles. The molecular weight excluding hydrogens is 193 g/mol. The van der Waals surface area contributed by atoms with Crippen LogP contribution in [0.4, 0.5) is 4.39 Å². The molecule has 0 aromatic heterocycles. The Bertz CT molecular complexity index is 314. The Balaban J connectivity index is 2.53. The minimum absolute atomic E-state index is 0.157. The van der Waals surface area contributed by atoms with E-state index in [2.05, 4.69) is 5.32 Å². The highest BCUT2D eigenvalue weighted by molar-refractivity contribution is 5.23. The first kappa shape index (κ1) is 12.1. The van der Waals surface area contributed by atoms with Crippen LogP contribution in [-0.2, 0) is 6.54 Å². The van der Waals surface area contributed by atoms with Crippen LogP contribution in [0.1, 0.15) is 24.5 Å². The molecule has 1 atom stereocenters. The summed E-state index contributed by atoms with van der Waals surface area (Å²) >= 11 is 0. The number of benzene rings is 1. The number of aliphatic hydroxyl groups excluding tert-OH is 1. The number of aryl methyl sites for hydroxylation is 1. The summed E-state index contributed by atoms with van der Waals surface area (Å²) in [5, 5.41) is 11.9. The number of hydrogen-bond acceptors (Lipinski definition) is 2. The molecule has 2 N–H and O–H groups in total. The average Bonchev–Trinajstić information content (AvgIpc) is 2.20. The number of aliphatic hydroxyl groups is 1. The molecule has 0 fully saturated rings. The molecule has 0 bridgehead atoms. The van der Waals surface area contributed by atoms with Crippen molar-refractivity contribution in [2.45, 2.75) is 32.9 Å². The molecular formula is C12H18FNO. The minimum Gasteiger partial charge on any atom is -0.396 e. The Hall–Kier alpha value is -0.930. The van der Waals surface area contributed by atoms with Gasteiger partial charge in [-0.25, -0.2) is 4.39 Å². The van der Waals surface area contributed by atoms with Gasteiger partial charge in [0, 0.05) is 24.8 Å². The Morgan fingerprint density at radius 2 is 2.20 bits per heavy atom. The first-order valence-electron chi connectivity index (χ1n) is 5.22. The molecule has 1 aromatic rings. The van der Waals surface area contributed by atoms with Gasteiger partial charge in [-0.05, 0) is 26.3 Å². The van der Waals surface area contributed by atoms with Crippen LogP contribution in [-0.4, -0.2) is 17.8 Å². The van der Waals surface area contributed by atoms with Crippen molar-refractivity contribution < 1.29 is 9.50 Å². The van der Waals surface area contributed by atoms with E-state index < -0.39 is 0 Å². The summed E-state index contributed by atoms with van der Waals surface area (Å²) in [7, 11) is 0. The topological polar surface area (TPSA) is 32.3 Å². The van der Waals surface area contributed by atoms with E-state index in [4.69, 9.17) is 5.11 Å². The van der Waals surface area contributed by atoms with Crippen molar-refractivity contribution in [2.24, 2.45) is 0 Å². The summed E-state index contributed by atoms with van der Waals surface area (Å²) in [6, 6.07) is 5.29. The van der Waals surface area contributed by atoms with Crippen molar-refractivity contribution in [3.63, 3.8) is 0 Å². The SMILES string of the molecule is Cc1ccc(F)c(CN[C@H](C)CCO)c1. The Morgan fingerprint density at radius 3 is 2.87 bits per heavy atom. The molecule has 0 aliphatic carbocycles. The molecule has 0 amide bonds. The van der Waals surface area contributed by atoms with Crippen molar-refractivity contribution in [3.8, 4) is 0 Å². The van der Waals surface area contributed by atoms with Gasteiger partial charge in [0.25, 0.3) is 0 Å². The lowest BCUT2D eigenvalue weighted by atomic mass is 10.1. The molecule has 0 radical (unpaired) electrons. The van der Waals surface area contributed by atoms with E-state index in [1.807, 2.05) is 19.9 Å². The average molecular weight is 211 g/mol. The second kappa shape index (κ2) is 5.83. The van der Waals surface area contributed by atoms with Gasteiger partial charge in [-0.2, -0.15) is 0 Å². The van der Waals surface area contributed by atoms with Crippen molar-refractivity contribution in [1.82, 2.24) is 5.32 Å². The normalized spacial score (nSPS) is 12.8. The third-order valence-corrected chi connectivity index (χ3v) is 2.40. The molecule has 2 nitrogen and oxygen atoms in total. The fraction of sp³-hybridized carbons (Fsp3) is 0.500. The summed E-state index contributed by atoms with van der Waals surface area (Å²) < 4.78 is 13.3. The van der Waals surface area contributed by atoms with E-state index >= 15 is 0 Å². The Morgan fingerprint density at radius 1 is 1.47 bits per heavy atom. The maximum absolute atomic E-state index is 13.3. The lowest BCUT2D eigenvalue weighted by Gasteiger charge is -2.13. The molecule has 0 unspecified atom stereocenters. The molecule has 0 saturated carbocycles. The molecule has 0 heterocycles. The highest BCUT2D eigenvalue weighted by atomic mass is 19.1. The van der Waals surface area contributed by atoms with Gasteiger partial charge in [-0.3, -0.25) is 0 Å². The second-order valence-electron chi connectivity index (χ2n) is 3.89. The molecule has 1 aromatic carbocycles. The molecule has 0 spiro atoms. The summed E-state index contributed by atoms with van der Waals surface area (Å²) in [5.74, 6) is -0.177. The summed E-state index contributed by atoms with van der Waals surface area (Å²) in [5.41, 5.74) is 1.74. The van der Waals surface area contributed by atoms with E-state index in [1.54, 1.807) is 6.07 Å². The van der Waals surface area contributed by atoms with Gasteiger partial charge in [-0.1, -0.05) is 17.7 Å². The fourth-order valence-electron chi connectivity index (χ4n) is 1.42. The second-order valence-corrected chi connectivity index (χ2v) is 3.89. The summed E-state index contributed by atoms with van der Waals surface area (Å²) in [4.78, 5) is 0. The zero-order chi connectivity index (χ0) is 11.3. The zero-order valence-corrected chi connectivity index (χ0v) is 9.26. The van der Waals surface area contributed by atoms with Gasteiger partial charge in [0.15, 0.2) is 0 Å². The fourth-order valence-corrected chi connectivity index (χ4v) is 1.42. The molecule has 15 heavy (non-hydrogen) atoms. The largest absolute Gasteiger partial charge is 0.396 e. The number of halogens is 1. The van der Waals surface area contributed by atoms with Crippen LogP contribution in [0.5, 0.6) is 0 Å². The highest BCUT2D eigenvalue weighted by Gasteiger charge is 2.04. The lowest BCUT2D eigenvalue weighted by molar-refractivity contribution is 0.268. The Kier molecular flexibility index (Phi) is 4.72. The van der Waals surface area contributed by atoms with E-state index in [0.29, 0.717) is 18.5 Å². The van der Waals surface area contributed by atoms with Gasteiger partial charge in [0.05, 0.1) is 0 Å². The quantitative estimate of drug-likeness (QED) is 0.780. The summed E-state index contributed by atoms with van der Waals surface area (Å²) in [6.07, 6.45) is 0.688. The number of nitrogens with one attached hydrogen (secondary N) is 1. The maximum atomic E-state index is 13.3. The van der Waals surface area contributed by atoms with Crippen LogP contribution in [0.3, 0.4) is 0 Å². The molecule has 0 saturated heterocycles. The smallest absolute Gasteiger partial charge is 0.127 e. The molecule has 0 aliphatic rings. The molecule has 1 rings (SSSR count). The van der Waals surface area contributed by atoms with E-state index in [-0.39, 0.29) is 18.5 Å². The first-order chi connectivity index (χ1) is 7.13. The predicted octanol–water partition coefficient (Wildman–Crippen LogP) is 1.99. The first-order valence-corrected chi connectivity index (χ1v) is 5.22. The van der Waals surface area contributed by atoms with Gasteiger partial charge in [0.1, 0.15) is 5.82 Å². The van der Waals surface area contributed by atoms with Crippen molar-refractivity contribution in [1.29, 1.82) is 0 Å². The van der Waals surface area contributed by atoms with Gasteiger partial charge < -0.3 is 10.4 Å². The standard InChI is InChI=1S/C12H18FNO/c1-9-3-4-12(13)11(7-9)8-14-10(2)5-6-15/h3-4,7,10,14-15H,5-6,8H2,1-2H3/t10-/m1/s1. The van der Waals surface area contributed by atoms with Crippen LogP contribution in [0.15, 0.2) is 18.2 Å². The van der Waals surface area contributed by atoms with Gasteiger partial charge in [0.2, 0.25) is 0 Å². The zero-order valence-electron chi connectivity index (χ0n) is 9.26. The summed E-state index contributed by atoms with van der Waals surface area (Å²) in [6.45, 7) is 4.59. The van der Waals surface area contributed by atoms with E-state index in [9.17, 15) is 4.39 Å². The monoisotopic (exact) mass is 211 g/mol. The minimum atomic E-state index is -0.177. The predicted molar refractivity (Wildman–Crippen MR) is 59.1 cm³/mol. The van der Waals surface area contributed by atoms with Crippen LogP contribution in [0.2, 0.25) is 0 Å². The van der Waals surface area contributed by atoms with Gasteiger partial charge in [-0.15, -0.1) is 0 Å².